The summed E-state index contributed by atoms with van der Waals surface area (Å²) in [5.74, 6) is 0.418. The quantitative estimate of drug-likeness (QED) is 0.823. The number of carbonyl (C=O) groups excluding carboxylic acids is 1. The van der Waals surface area contributed by atoms with Gasteiger partial charge in [0.25, 0.3) is 5.91 Å². The molecule has 0 fully saturated rings. The Balaban J connectivity index is 2.12. The second-order valence-corrected chi connectivity index (χ2v) is 3.79. The molecule has 17 heavy (non-hydrogen) atoms. The Morgan fingerprint density at radius 3 is 2.82 bits per heavy atom. The first-order valence-electron chi connectivity index (χ1n) is 5.19. The van der Waals surface area contributed by atoms with Crippen LogP contribution in [0.4, 0.5) is 0 Å². The maximum absolute atomic E-state index is 11.7. The highest BCUT2D eigenvalue weighted by Gasteiger charge is 2.19. The van der Waals surface area contributed by atoms with Crippen molar-refractivity contribution < 1.29 is 9.32 Å². The fraction of sp³-hybridized carbons (Fsp3) is 0.400. The third-order valence-corrected chi connectivity index (χ3v) is 2.52. The molecule has 0 aliphatic rings. The molecule has 0 aliphatic carbocycles. The molecule has 0 saturated carbocycles. The second-order valence-electron chi connectivity index (χ2n) is 3.79. The monoisotopic (exact) mass is 235 g/mol. The first kappa shape index (κ1) is 11.3. The van der Waals surface area contributed by atoms with Crippen LogP contribution in [-0.4, -0.2) is 26.5 Å². The highest BCUT2D eigenvalue weighted by molar-refractivity contribution is 5.92. The van der Waals surface area contributed by atoms with Crippen LogP contribution in [0.1, 0.15) is 40.5 Å². The van der Waals surface area contributed by atoms with Gasteiger partial charge in [-0.2, -0.15) is 15.4 Å². The van der Waals surface area contributed by atoms with Gasteiger partial charge in [0.05, 0.1) is 17.9 Å². The van der Waals surface area contributed by atoms with Crippen LogP contribution in [-0.2, 0) is 0 Å². The van der Waals surface area contributed by atoms with Crippen molar-refractivity contribution in [1.82, 2.24) is 25.9 Å². The fourth-order valence-electron chi connectivity index (χ4n) is 1.76. The molecular formula is C10H13N5O2. The Hall–Kier alpha value is -2.18. The lowest BCUT2D eigenvalue weighted by Crippen LogP contribution is -2.27. The number of aryl methyl sites for hydroxylation is 2. The zero-order chi connectivity index (χ0) is 12.4. The van der Waals surface area contributed by atoms with E-state index in [4.69, 9.17) is 4.52 Å². The van der Waals surface area contributed by atoms with Crippen molar-refractivity contribution in [3.63, 3.8) is 0 Å². The summed E-state index contributed by atoms with van der Waals surface area (Å²) in [7, 11) is 0. The molecule has 0 radical (unpaired) electrons. The minimum atomic E-state index is -0.286. The number of amides is 1. The maximum atomic E-state index is 11.7. The van der Waals surface area contributed by atoms with Crippen LogP contribution < -0.4 is 5.32 Å². The van der Waals surface area contributed by atoms with E-state index in [1.165, 1.54) is 6.20 Å². The van der Waals surface area contributed by atoms with Gasteiger partial charge in [0.1, 0.15) is 5.76 Å². The summed E-state index contributed by atoms with van der Waals surface area (Å²) in [4.78, 5) is 11.7. The Morgan fingerprint density at radius 1 is 1.53 bits per heavy atom. The smallest absolute Gasteiger partial charge is 0.273 e. The molecule has 2 aromatic rings. The number of nitrogens with zero attached hydrogens (tertiary/aromatic N) is 3. The van der Waals surface area contributed by atoms with E-state index in [1.807, 2.05) is 20.8 Å². The van der Waals surface area contributed by atoms with Crippen LogP contribution in [0, 0.1) is 13.8 Å². The van der Waals surface area contributed by atoms with Gasteiger partial charge in [-0.1, -0.05) is 5.16 Å². The van der Waals surface area contributed by atoms with Crippen molar-refractivity contribution in [2.75, 3.05) is 0 Å². The van der Waals surface area contributed by atoms with Gasteiger partial charge in [0.2, 0.25) is 0 Å². The number of aromatic nitrogens is 4. The van der Waals surface area contributed by atoms with E-state index in [9.17, 15) is 4.79 Å². The third-order valence-electron chi connectivity index (χ3n) is 2.52. The van der Waals surface area contributed by atoms with Gasteiger partial charge in [-0.15, -0.1) is 0 Å². The Labute approximate surface area is 97.6 Å². The summed E-state index contributed by atoms with van der Waals surface area (Å²) in [6.07, 6.45) is 1.37. The van der Waals surface area contributed by atoms with Crippen LogP contribution in [0.25, 0.3) is 0 Å². The number of hydrogen-bond acceptors (Lipinski definition) is 5. The van der Waals surface area contributed by atoms with Crippen LogP contribution in [0.3, 0.4) is 0 Å². The van der Waals surface area contributed by atoms with E-state index in [2.05, 4.69) is 25.9 Å². The summed E-state index contributed by atoms with van der Waals surface area (Å²) in [6.45, 7) is 5.52. The molecule has 7 nitrogen and oxygen atoms in total. The molecule has 1 unspecified atom stereocenters. The van der Waals surface area contributed by atoms with Crippen molar-refractivity contribution in [2.45, 2.75) is 26.8 Å². The predicted octanol–water partition coefficient (Wildman–Crippen LogP) is 0.901. The largest absolute Gasteiger partial charge is 0.361 e. The van der Waals surface area contributed by atoms with E-state index in [0.717, 1.165) is 11.3 Å². The Bertz CT molecular complexity index is 497. The van der Waals surface area contributed by atoms with Crippen molar-refractivity contribution in [1.29, 1.82) is 0 Å². The van der Waals surface area contributed by atoms with Crippen molar-refractivity contribution in [2.24, 2.45) is 0 Å². The summed E-state index contributed by atoms with van der Waals surface area (Å²) in [5.41, 5.74) is 1.92. The van der Waals surface area contributed by atoms with Crippen molar-refractivity contribution in [3.05, 3.63) is 28.9 Å². The van der Waals surface area contributed by atoms with Crippen LogP contribution in [0.15, 0.2) is 10.7 Å². The van der Waals surface area contributed by atoms with Gasteiger partial charge < -0.3 is 9.84 Å². The Morgan fingerprint density at radius 2 is 2.29 bits per heavy atom. The molecule has 2 heterocycles. The fourth-order valence-corrected chi connectivity index (χ4v) is 1.76. The topological polar surface area (TPSA) is 96.7 Å². The van der Waals surface area contributed by atoms with E-state index >= 15 is 0 Å². The third kappa shape index (κ3) is 2.17. The molecule has 0 aromatic carbocycles. The molecule has 0 aliphatic heterocycles. The highest BCUT2D eigenvalue weighted by Crippen LogP contribution is 2.20. The minimum absolute atomic E-state index is 0.189. The molecule has 90 valence electrons. The van der Waals surface area contributed by atoms with Gasteiger partial charge in [0.15, 0.2) is 5.69 Å². The average Bonchev–Trinajstić information content (AvgIpc) is 2.88. The van der Waals surface area contributed by atoms with Gasteiger partial charge >= 0.3 is 0 Å². The van der Waals surface area contributed by atoms with E-state index in [1.54, 1.807) is 0 Å². The van der Waals surface area contributed by atoms with Gasteiger partial charge in [-0.05, 0) is 20.8 Å². The Kier molecular flexibility index (Phi) is 2.90. The lowest BCUT2D eigenvalue weighted by Gasteiger charge is -2.12. The van der Waals surface area contributed by atoms with Gasteiger partial charge in [-0.3, -0.25) is 4.79 Å². The molecule has 0 saturated heterocycles. The standard InChI is InChI=1S/C10H13N5O2/c1-5(9-6(2)14-17-7(9)3)12-10(16)8-4-11-15-13-8/h4-5H,1-3H3,(H,12,16)(H,11,13,15). The summed E-state index contributed by atoms with van der Waals surface area (Å²) in [5, 5.41) is 16.3. The maximum Gasteiger partial charge on any atom is 0.273 e. The number of carbonyl (C=O) groups is 1. The average molecular weight is 235 g/mol. The van der Waals surface area contributed by atoms with E-state index < -0.39 is 0 Å². The second kappa shape index (κ2) is 4.36. The van der Waals surface area contributed by atoms with Gasteiger partial charge in [0, 0.05) is 5.56 Å². The lowest BCUT2D eigenvalue weighted by atomic mass is 10.1. The zero-order valence-electron chi connectivity index (χ0n) is 9.81. The molecule has 1 amide bonds. The van der Waals surface area contributed by atoms with Crippen molar-refractivity contribution in [3.8, 4) is 0 Å². The highest BCUT2D eigenvalue weighted by atomic mass is 16.5. The number of hydrogen-bond donors (Lipinski definition) is 2. The molecule has 2 N–H and O–H groups in total. The molecular weight excluding hydrogens is 222 g/mol. The first-order valence-corrected chi connectivity index (χ1v) is 5.19. The summed E-state index contributed by atoms with van der Waals surface area (Å²) in [6, 6.07) is -0.189. The number of aromatic amines is 1. The van der Waals surface area contributed by atoms with Crippen LogP contribution in [0.5, 0.6) is 0 Å². The van der Waals surface area contributed by atoms with Gasteiger partial charge in [-0.25, -0.2) is 0 Å². The molecule has 2 aromatic heterocycles. The molecule has 2 rings (SSSR count). The number of rotatable bonds is 3. The molecule has 1 atom stereocenters. The molecule has 7 heteroatoms. The zero-order valence-corrected chi connectivity index (χ0v) is 9.81. The normalized spacial score (nSPS) is 12.4. The van der Waals surface area contributed by atoms with Crippen molar-refractivity contribution >= 4 is 5.91 Å². The van der Waals surface area contributed by atoms with Crippen LogP contribution >= 0.6 is 0 Å². The number of H-pyrrole nitrogens is 1. The number of nitrogens with one attached hydrogen (secondary N) is 2. The summed E-state index contributed by atoms with van der Waals surface area (Å²) < 4.78 is 5.05. The minimum Gasteiger partial charge on any atom is -0.361 e. The predicted molar refractivity (Wildman–Crippen MR) is 58.2 cm³/mol. The lowest BCUT2D eigenvalue weighted by molar-refractivity contribution is 0.0934. The molecule has 0 spiro atoms. The SMILES string of the molecule is Cc1noc(C)c1C(C)NC(=O)c1cn[nH]n1. The van der Waals surface area contributed by atoms with Crippen LogP contribution in [0.2, 0.25) is 0 Å². The van der Waals surface area contributed by atoms with E-state index in [0.29, 0.717) is 5.76 Å². The molecule has 0 bridgehead atoms. The van der Waals surface area contributed by atoms with E-state index in [-0.39, 0.29) is 17.6 Å². The first-order chi connectivity index (χ1) is 8.09. The summed E-state index contributed by atoms with van der Waals surface area (Å²) >= 11 is 0.